The topological polar surface area (TPSA) is 38.1 Å². The van der Waals surface area contributed by atoms with E-state index in [0.717, 1.165) is 10.0 Å². The molecule has 0 bridgehead atoms. The van der Waals surface area contributed by atoms with E-state index in [9.17, 15) is 4.79 Å². The molecule has 0 fully saturated rings. The Hall–Kier alpha value is -1.62. The number of nitrogens with zero attached hydrogens (tertiary/aromatic N) is 3. The van der Waals surface area contributed by atoms with Gasteiger partial charge in [-0.1, -0.05) is 0 Å². The number of hydrogen-bond donors (Lipinski definition) is 0. The highest BCUT2D eigenvalue weighted by atomic mass is 79.9. The molecule has 5 heteroatoms. The van der Waals surface area contributed by atoms with E-state index in [1.165, 1.54) is 0 Å². The van der Waals surface area contributed by atoms with Crippen LogP contribution in [-0.4, -0.2) is 26.9 Å². The molecule has 0 atom stereocenters. The number of aromatic nitrogens is 2. The predicted molar refractivity (Wildman–Crippen MR) is 77.8 cm³/mol. The van der Waals surface area contributed by atoms with E-state index in [4.69, 9.17) is 0 Å². The Kier molecular flexibility index (Phi) is 4.37. The standard InChI is InChI=1S/C14H16BrN3O/c1-3-18(9-11-4-6-16-7-5-11)14(19)13-8-12(15)10-17(13)2/h4-8,10H,3,9H2,1-2H3. The molecule has 0 saturated carbocycles. The first kappa shape index (κ1) is 13.8. The van der Waals surface area contributed by atoms with Crippen LogP contribution < -0.4 is 0 Å². The molecule has 4 nitrogen and oxygen atoms in total. The van der Waals surface area contributed by atoms with Gasteiger partial charge < -0.3 is 9.47 Å². The Labute approximate surface area is 121 Å². The first-order valence-corrected chi connectivity index (χ1v) is 6.91. The number of amides is 1. The van der Waals surface area contributed by atoms with Crippen molar-refractivity contribution < 1.29 is 4.79 Å². The van der Waals surface area contributed by atoms with Crippen molar-refractivity contribution >= 4 is 21.8 Å². The lowest BCUT2D eigenvalue weighted by Gasteiger charge is -2.21. The minimum absolute atomic E-state index is 0.0347. The van der Waals surface area contributed by atoms with E-state index in [-0.39, 0.29) is 5.91 Å². The molecule has 2 heterocycles. The minimum Gasteiger partial charge on any atom is -0.345 e. The Morgan fingerprint density at radius 2 is 2.11 bits per heavy atom. The Morgan fingerprint density at radius 3 is 2.63 bits per heavy atom. The van der Waals surface area contributed by atoms with Gasteiger partial charge in [0.05, 0.1) is 0 Å². The fourth-order valence-corrected chi connectivity index (χ4v) is 2.46. The van der Waals surface area contributed by atoms with Gasteiger partial charge in [0, 0.05) is 43.2 Å². The van der Waals surface area contributed by atoms with Gasteiger partial charge in [0.15, 0.2) is 0 Å². The maximum atomic E-state index is 12.5. The summed E-state index contributed by atoms with van der Waals surface area (Å²) in [6.07, 6.45) is 5.37. The lowest BCUT2D eigenvalue weighted by Crippen LogP contribution is -2.31. The van der Waals surface area contributed by atoms with Gasteiger partial charge in [0.1, 0.15) is 5.69 Å². The average Bonchev–Trinajstić information content (AvgIpc) is 2.75. The molecule has 100 valence electrons. The highest BCUT2D eigenvalue weighted by Gasteiger charge is 2.17. The molecule has 2 aromatic rings. The first-order chi connectivity index (χ1) is 9.11. The lowest BCUT2D eigenvalue weighted by atomic mass is 10.2. The summed E-state index contributed by atoms with van der Waals surface area (Å²) in [7, 11) is 1.87. The quantitative estimate of drug-likeness (QED) is 0.868. The molecule has 0 saturated heterocycles. The van der Waals surface area contributed by atoms with E-state index in [1.807, 2.05) is 47.8 Å². The third-order valence-corrected chi connectivity index (χ3v) is 3.42. The van der Waals surface area contributed by atoms with Crippen LogP contribution in [0.3, 0.4) is 0 Å². The fourth-order valence-electron chi connectivity index (χ4n) is 1.93. The fraction of sp³-hybridized carbons (Fsp3) is 0.286. The maximum Gasteiger partial charge on any atom is 0.270 e. The molecule has 2 rings (SSSR count). The van der Waals surface area contributed by atoms with Crippen LogP contribution in [0.15, 0.2) is 41.3 Å². The summed E-state index contributed by atoms with van der Waals surface area (Å²) in [6, 6.07) is 5.70. The van der Waals surface area contributed by atoms with E-state index in [1.54, 1.807) is 12.4 Å². The highest BCUT2D eigenvalue weighted by Crippen LogP contribution is 2.16. The van der Waals surface area contributed by atoms with Gasteiger partial charge in [-0.05, 0) is 46.6 Å². The van der Waals surface area contributed by atoms with Crippen molar-refractivity contribution in [2.45, 2.75) is 13.5 Å². The van der Waals surface area contributed by atoms with Gasteiger partial charge in [-0.2, -0.15) is 0 Å². The Bertz CT molecular complexity index is 565. The van der Waals surface area contributed by atoms with Gasteiger partial charge in [0.2, 0.25) is 0 Å². The summed E-state index contributed by atoms with van der Waals surface area (Å²) >= 11 is 3.39. The van der Waals surface area contributed by atoms with Crippen LogP contribution in [0.5, 0.6) is 0 Å². The molecule has 0 radical (unpaired) electrons. The smallest absolute Gasteiger partial charge is 0.270 e. The molecule has 2 aromatic heterocycles. The SMILES string of the molecule is CCN(Cc1ccncc1)C(=O)c1cc(Br)cn1C. The zero-order valence-electron chi connectivity index (χ0n) is 11.0. The summed E-state index contributed by atoms with van der Waals surface area (Å²) in [5.41, 5.74) is 1.77. The van der Waals surface area contributed by atoms with Crippen LogP contribution in [0.2, 0.25) is 0 Å². The molecule has 0 aliphatic heterocycles. The van der Waals surface area contributed by atoms with Gasteiger partial charge >= 0.3 is 0 Å². The van der Waals surface area contributed by atoms with Crippen molar-refractivity contribution in [3.8, 4) is 0 Å². The Balaban J connectivity index is 2.18. The van der Waals surface area contributed by atoms with Crippen molar-refractivity contribution in [3.63, 3.8) is 0 Å². The third-order valence-electron chi connectivity index (χ3n) is 2.98. The number of pyridine rings is 1. The molecular formula is C14H16BrN3O. The second-order valence-electron chi connectivity index (χ2n) is 4.33. The Morgan fingerprint density at radius 1 is 1.42 bits per heavy atom. The zero-order chi connectivity index (χ0) is 13.8. The minimum atomic E-state index is 0.0347. The molecule has 0 aliphatic rings. The van der Waals surface area contributed by atoms with E-state index < -0.39 is 0 Å². The van der Waals surface area contributed by atoms with Crippen LogP contribution >= 0.6 is 15.9 Å². The molecule has 19 heavy (non-hydrogen) atoms. The number of halogens is 1. The highest BCUT2D eigenvalue weighted by molar-refractivity contribution is 9.10. The molecule has 0 aromatic carbocycles. The van der Waals surface area contributed by atoms with Crippen molar-refractivity contribution in [1.82, 2.24) is 14.5 Å². The van der Waals surface area contributed by atoms with Crippen molar-refractivity contribution in [2.24, 2.45) is 7.05 Å². The number of carbonyl (C=O) groups is 1. The van der Waals surface area contributed by atoms with Gasteiger partial charge in [-0.25, -0.2) is 0 Å². The van der Waals surface area contributed by atoms with E-state index >= 15 is 0 Å². The van der Waals surface area contributed by atoms with Crippen LogP contribution in [0.4, 0.5) is 0 Å². The average molecular weight is 322 g/mol. The summed E-state index contributed by atoms with van der Waals surface area (Å²) in [5.74, 6) is 0.0347. The van der Waals surface area contributed by atoms with E-state index in [0.29, 0.717) is 18.8 Å². The number of hydrogen-bond acceptors (Lipinski definition) is 2. The van der Waals surface area contributed by atoms with Crippen molar-refractivity contribution in [3.05, 3.63) is 52.5 Å². The summed E-state index contributed by atoms with van der Waals surface area (Å²) in [5, 5.41) is 0. The normalized spacial score (nSPS) is 10.5. The van der Waals surface area contributed by atoms with Gasteiger partial charge in [-0.15, -0.1) is 0 Å². The van der Waals surface area contributed by atoms with Gasteiger partial charge in [0.25, 0.3) is 5.91 Å². The van der Waals surface area contributed by atoms with Crippen molar-refractivity contribution in [1.29, 1.82) is 0 Å². The summed E-state index contributed by atoms with van der Waals surface area (Å²) < 4.78 is 2.75. The largest absolute Gasteiger partial charge is 0.345 e. The lowest BCUT2D eigenvalue weighted by molar-refractivity contribution is 0.0743. The molecule has 0 unspecified atom stereocenters. The summed E-state index contributed by atoms with van der Waals surface area (Å²) in [6.45, 7) is 3.25. The third kappa shape index (κ3) is 3.23. The van der Waals surface area contributed by atoms with Crippen LogP contribution in [-0.2, 0) is 13.6 Å². The van der Waals surface area contributed by atoms with Crippen LogP contribution in [0.1, 0.15) is 23.0 Å². The molecular weight excluding hydrogens is 306 g/mol. The van der Waals surface area contributed by atoms with Crippen LogP contribution in [0.25, 0.3) is 0 Å². The maximum absolute atomic E-state index is 12.5. The predicted octanol–water partition coefficient (Wildman–Crippen LogP) is 2.84. The molecule has 0 spiro atoms. The molecule has 1 amide bonds. The summed E-state index contributed by atoms with van der Waals surface area (Å²) in [4.78, 5) is 18.3. The molecule has 0 aliphatic carbocycles. The second kappa shape index (κ2) is 6.02. The number of carbonyl (C=O) groups excluding carboxylic acids is 1. The second-order valence-corrected chi connectivity index (χ2v) is 5.24. The van der Waals surface area contributed by atoms with Crippen molar-refractivity contribution in [2.75, 3.05) is 6.54 Å². The first-order valence-electron chi connectivity index (χ1n) is 6.12. The molecule has 0 N–H and O–H groups in total. The van der Waals surface area contributed by atoms with E-state index in [2.05, 4.69) is 20.9 Å². The van der Waals surface area contributed by atoms with Crippen LogP contribution in [0, 0.1) is 0 Å². The monoisotopic (exact) mass is 321 g/mol. The van der Waals surface area contributed by atoms with Gasteiger partial charge in [-0.3, -0.25) is 9.78 Å². The number of rotatable bonds is 4. The zero-order valence-corrected chi connectivity index (χ0v) is 12.6. The number of aryl methyl sites for hydroxylation is 1.